The molecule has 0 fully saturated rings. The largest absolute Gasteiger partial charge is 0.393 e. The Morgan fingerprint density at radius 1 is 0.800 bits per heavy atom. The van der Waals surface area contributed by atoms with E-state index in [0.717, 1.165) is 18.1 Å². The van der Waals surface area contributed by atoms with Crippen LogP contribution < -0.4 is 0 Å². The molecule has 128 valence electrons. The molecule has 0 spiro atoms. The Morgan fingerprint density at radius 3 is 2.04 bits per heavy atom. The zero-order chi connectivity index (χ0) is 18.4. The molecule has 6 nitrogen and oxygen atoms in total. The zero-order valence-corrected chi connectivity index (χ0v) is 13.8. The van der Waals surface area contributed by atoms with Crippen molar-refractivity contribution in [1.82, 2.24) is 0 Å². The van der Waals surface area contributed by atoms with E-state index in [1.54, 1.807) is 42.5 Å². The molecular formula is C19H16O6. The van der Waals surface area contributed by atoms with Crippen LogP contribution in [-0.2, 0) is 30.3 Å². The third kappa shape index (κ3) is 5.39. The van der Waals surface area contributed by atoms with Gasteiger partial charge in [0.25, 0.3) is 0 Å². The maximum absolute atomic E-state index is 11.8. The summed E-state index contributed by atoms with van der Waals surface area (Å²) in [5.41, 5.74) is 2.40. The first-order valence-corrected chi connectivity index (χ1v) is 7.48. The second-order valence-electron chi connectivity index (χ2n) is 5.30. The van der Waals surface area contributed by atoms with Gasteiger partial charge in [0.05, 0.1) is 12.0 Å². The molecule has 0 radical (unpaired) electrons. The van der Waals surface area contributed by atoms with E-state index in [0.29, 0.717) is 5.56 Å². The van der Waals surface area contributed by atoms with Crippen LogP contribution in [0.1, 0.15) is 29.8 Å². The van der Waals surface area contributed by atoms with Crippen molar-refractivity contribution in [3.63, 3.8) is 0 Å². The summed E-state index contributed by atoms with van der Waals surface area (Å²) < 4.78 is 9.09. The number of esters is 4. The van der Waals surface area contributed by atoms with E-state index in [4.69, 9.17) is 0 Å². The summed E-state index contributed by atoms with van der Waals surface area (Å²) in [5, 5.41) is 0. The molecule has 0 unspecified atom stereocenters. The number of ether oxygens (including phenoxy) is 2. The Balaban J connectivity index is 2.23. The number of hydrogen-bond donors (Lipinski definition) is 0. The second kappa shape index (κ2) is 8.01. The average Bonchev–Trinajstić information content (AvgIpc) is 2.53. The van der Waals surface area contributed by atoms with Crippen LogP contribution >= 0.6 is 0 Å². The number of benzene rings is 2. The second-order valence-corrected chi connectivity index (χ2v) is 5.30. The number of carbonyl (C=O) groups is 4. The monoisotopic (exact) mass is 340 g/mol. The predicted octanol–water partition coefficient (Wildman–Crippen LogP) is 2.69. The van der Waals surface area contributed by atoms with Crippen molar-refractivity contribution in [2.24, 2.45) is 0 Å². The van der Waals surface area contributed by atoms with Gasteiger partial charge in [0.1, 0.15) is 0 Å². The number of hydrogen-bond acceptors (Lipinski definition) is 6. The summed E-state index contributed by atoms with van der Waals surface area (Å²) in [5.74, 6) is -2.70. The van der Waals surface area contributed by atoms with Crippen LogP contribution in [0.25, 0.3) is 11.1 Å². The molecule has 0 bridgehead atoms. The van der Waals surface area contributed by atoms with E-state index in [9.17, 15) is 19.2 Å². The van der Waals surface area contributed by atoms with Gasteiger partial charge in [-0.25, -0.2) is 4.79 Å². The normalized spacial score (nSPS) is 10.0. The number of rotatable bonds is 4. The number of carbonyl (C=O) groups excluding carboxylic acids is 4. The highest BCUT2D eigenvalue weighted by Gasteiger charge is 2.12. The fourth-order valence-electron chi connectivity index (χ4n) is 2.24. The highest BCUT2D eigenvalue weighted by atomic mass is 16.6. The fraction of sp³-hybridized carbons (Fsp3) is 0.158. The molecular weight excluding hydrogens is 324 g/mol. The van der Waals surface area contributed by atoms with Crippen LogP contribution in [0, 0.1) is 0 Å². The smallest absolute Gasteiger partial charge is 0.345 e. The summed E-state index contributed by atoms with van der Waals surface area (Å²) in [7, 11) is 0. The molecule has 0 N–H and O–H groups in total. The van der Waals surface area contributed by atoms with E-state index < -0.39 is 23.9 Å². The molecule has 2 aromatic carbocycles. The Morgan fingerprint density at radius 2 is 1.40 bits per heavy atom. The molecule has 2 aromatic rings. The van der Waals surface area contributed by atoms with Crippen LogP contribution in [0.2, 0.25) is 0 Å². The Hall–Kier alpha value is -3.28. The van der Waals surface area contributed by atoms with Crippen LogP contribution in [0.4, 0.5) is 0 Å². The van der Waals surface area contributed by atoms with Crippen molar-refractivity contribution < 1.29 is 28.7 Å². The van der Waals surface area contributed by atoms with E-state index in [1.807, 2.05) is 6.07 Å². The first-order valence-electron chi connectivity index (χ1n) is 7.48. The summed E-state index contributed by atoms with van der Waals surface area (Å²) >= 11 is 0. The Labute approximate surface area is 144 Å². The minimum atomic E-state index is -0.726. The van der Waals surface area contributed by atoms with Gasteiger partial charge in [-0.3, -0.25) is 14.4 Å². The van der Waals surface area contributed by atoms with Crippen molar-refractivity contribution in [1.29, 1.82) is 0 Å². The lowest BCUT2D eigenvalue weighted by Crippen LogP contribution is -2.11. The Kier molecular flexibility index (Phi) is 5.79. The molecule has 6 heteroatoms. The average molecular weight is 340 g/mol. The van der Waals surface area contributed by atoms with Gasteiger partial charge in [-0.15, -0.1) is 0 Å². The minimum absolute atomic E-state index is 0.0422. The summed E-state index contributed by atoms with van der Waals surface area (Å²) in [6.45, 7) is 2.32. The van der Waals surface area contributed by atoms with Crippen molar-refractivity contribution in [3.05, 3.63) is 59.7 Å². The molecule has 25 heavy (non-hydrogen) atoms. The van der Waals surface area contributed by atoms with Crippen molar-refractivity contribution in [2.45, 2.75) is 20.3 Å². The summed E-state index contributed by atoms with van der Waals surface area (Å²) in [6.07, 6.45) is -0.0422. The van der Waals surface area contributed by atoms with Gasteiger partial charge in [0.2, 0.25) is 0 Å². The first-order chi connectivity index (χ1) is 11.8. The van der Waals surface area contributed by atoms with Gasteiger partial charge in [-0.2, -0.15) is 0 Å². The van der Waals surface area contributed by atoms with Crippen LogP contribution in [0.5, 0.6) is 0 Å². The Bertz CT molecular complexity index is 837. The predicted molar refractivity (Wildman–Crippen MR) is 88.5 cm³/mol. The van der Waals surface area contributed by atoms with E-state index in [2.05, 4.69) is 9.47 Å². The molecule has 0 atom stereocenters. The van der Waals surface area contributed by atoms with Gasteiger partial charge in [-0.1, -0.05) is 36.4 Å². The van der Waals surface area contributed by atoms with Crippen molar-refractivity contribution in [2.75, 3.05) is 0 Å². The molecule has 0 aromatic heterocycles. The first kappa shape index (κ1) is 18.1. The van der Waals surface area contributed by atoms with Gasteiger partial charge in [0.15, 0.2) is 0 Å². The van der Waals surface area contributed by atoms with E-state index >= 15 is 0 Å². The maximum Gasteiger partial charge on any atom is 0.345 e. The molecule has 2 rings (SSSR count). The SMILES string of the molecule is CC(=O)OC(=O)Cc1cccc(-c2cccc(C(=O)OC(C)=O)c2)c1. The third-order valence-corrected chi connectivity index (χ3v) is 3.20. The van der Waals surface area contributed by atoms with Crippen LogP contribution in [0.15, 0.2) is 48.5 Å². The zero-order valence-electron chi connectivity index (χ0n) is 13.8. The maximum atomic E-state index is 11.8. The molecule has 0 aliphatic carbocycles. The highest BCUT2D eigenvalue weighted by molar-refractivity contribution is 5.97. The van der Waals surface area contributed by atoms with Crippen molar-refractivity contribution >= 4 is 23.9 Å². The molecule has 0 saturated carbocycles. The third-order valence-electron chi connectivity index (χ3n) is 3.20. The minimum Gasteiger partial charge on any atom is -0.393 e. The van der Waals surface area contributed by atoms with E-state index in [-0.39, 0.29) is 12.0 Å². The molecule has 0 aliphatic rings. The lowest BCUT2D eigenvalue weighted by atomic mass is 10.00. The lowest BCUT2D eigenvalue weighted by Gasteiger charge is -2.07. The quantitative estimate of drug-likeness (QED) is 0.628. The fourth-order valence-corrected chi connectivity index (χ4v) is 2.24. The van der Waals surface area contributed by atoms with E-state index in [1.165, 1.54) is 6.92 Å². The van der Waals surface area contributed by atoms with Gasteiger partial charge < -0.3 is 9.47 Å². The molecule has 0 saturated heterocycles. The molecule has 0 heterocycles. The van der Waals surface area contributed by atoms with Crippen LogP contribution in [0.3, 0.4) is 0 Å². The summed E-state index contributed by atoms with van der Waals surface area (Å²) in [6, 6.07) is 13.7. The van der Waals surface area contributed by atoms with Crippen LogP contribution in [-0.4, -0.2) is 23.9 Å². The summed E-state index contributed by atoms with van der Waals surface area (Å²) in [4.78, 5) is 45.1. The van der Waals surface area contributed by atoms with Crippen molar-refractivity contribution in [3.8, 4) is 11.1 Å². The van der Waals surface area contributed by atoms with Gasteiger partial charge >= 0.3 is 23.9 Å². The molecule has 0 amide bonds. The standard InChI is InChI=1S/C19H16O6/c1-12(20)24-18(22)10-14-5-3-6-15(9-14)16-7-4-8-17(11-16)19(23)25-13(2)21/h3-9,11H,10H2,1-2H3. The van der Waals surface area contributed by atoms with Gasteiger partial charge in [-0.05, 0) is 28.8 Å². The highest BCUT2D eigenvalue weighted by Crippen LogP contribution is 2.22. The van der Waals surface area contributed by atoms with Gasteiger partial charge in [0, 0.05) is 13.8 Å². The topological polar surface area (TPSA) is 86.7 Å². The molecule has 0 aliphatic heterocycles. The lowest BCUT2D eigenvalue weighted by molar-refractivity contribution is -0.157.